The third-order valence-electron chi connectivity index (χ3n) is 4.15. The lowest BCUT2D eigenvalue weighted by atomic mass is 10.1. The third-order valence-corrected chi connectivity index (χ3v) is 4.15. The molecule has 6 nitrogen and oxygen atoms in total. The van der Waals surface area contributed by atoms with E-state index in [4.69, 9.17) is 9.47 Å². The maximum absolute atomic E-state index is 12.3. The molecule has 0 aliphatic rings. The molecule has 0 aliphatic heterocycles. The molecule has 0 saturated carbocycles. The molecule has 1 heterocycles. The van der Waals surface area contributed by atoms with E-state index in [2.05, 4.69) is 9.82 Å². The molecule has 1 unspecified atom stereocenters. The van der Waals surface area contributed by atoms with Gasteiger partial charge in [-0.3, -0.25) is 0 Å². The molecule has 1 atom stereocenters. The van der Waals surface area contributed by atoms with E-state index in [0.717, 1.165) is 10.6 Å². The summed E-state index contributed by atoms with van der Waals surface area (Å²) in [5.74, 6) is -0.507. The Morgan fingerprint density at radius 1 is 1.07 bits per heavy atom. The molecule has 1 aromatic carbocycles. The molecular weight excluding hydrogens is 401 g/mol. The summed E-state index contributed by atoms with van der Waals surface area (Å²) in [6, 6.07) is 10.4. The van der Waals surface area contributed by atoms with Crippen LogP contribution in [0.25, 0.3) is 0 Å². The highest BCUT2D eigenvalue weighted by Crippen LogP contribution is 2.23. The second-order valence-corrected chi connectivity index (χ2v) is 7.06. The van der Waals surface area contributed by atoms with Crippen LogP contribution >= 0.6 is 0 Å². The molecule has 164 valence electrons. The highest BCUT2D eigenvalue weighted by atomic mass is 19.4. The minimum atomic E-state index is -5.01. The first-order chi connectivity index (χ1) is 14.0. The predicted molar refractivity (Wildman–Crippen MR) is 104 cm³/mol. The van der Waals surface area contributed by atoms with Gasteiger partial charge in [0.15, 0.2) is 0 Å². The van der Waals surface area contributed by atoms with Crippen LogP contribution in [0.15, 0.2) is 42.6 Å². The van der Waals surface area contributed by atoms with Crippen molar-refractivity contribution in [1.82, 2.24) is 10.0 Å². The summed E-state index contributed by atoms with van der Waals surface area (Å²) in [5, 5.41) is 0.924. The van der Waals surface area contributed by atoms with E-state index < -0.39 is 12.1 Å². The van der Waals surface area contributed by atoms with Gasteiger partial charge in [0.2, 0.25) is 5.88 Å². The van der Waals surface area contributed by atoms with E-state index in [0.29, 0.717) is 30.2 Å². The van der Waals surface area contributed by atoms with Crippen LogP contribution in [0.5, 0.6) is 17.4 Å². The second-order valence-electron chi connectivity index (χ2n) is 7.06. The summed E-state index contributed by atoms with van der Waals surface area (Å²) in [5.41, 5.74) is 0.976. The predicted octanol–water partition coefficient (Wildman–Crippen LogP) is 4.93. The molecule has 1 aromatic heterocycles. The summed E-state index contributed by atoms with van der Waals surface area (Å²) in [6.45, 7) is 5.52. The van der Waals surface area contributed by atoms with Gasteiger partial charge in [0.25, 0.3) is 0 Å². The topological polar surface area (TPSA) is 60.9 Å². The number of alkyl halides is 3. The van der Waals surface area contributed by atoms with Gasteiger partial charge in [0.1, 0.15) is 11.5 Å². The molecule has 9 heteroatoms. The van der Waals surface area contributed by atoms with Gasteiger partial charge in [-0.2, -0.15) is 13.2 Å². The van der Waals surface area contributed by atoms with E-state index >= 15 is 0 Å². The average molecular weight is 426 g/mol. The van der Waals surface area contributed by atoms with Crippen LogP contribution in [-0.4, -0.2) is 41.4 Å². The molecule has 2 aromatic rings. The Morgan fingerprint density at radius 2 is 1.70 bits per heavy atom. The fourth-order valence-corrected chi connectivity index (χ4v) is 2.43. The highest BCUT2D eigenvalue weighted by Gasteiger charge is 2.42. The normalized spacial score (nSPS) is 12.7. The fourth-order valence-electron chi connectivity index (χ4n) is 2.43. The number of benzene rings is 1. The summed E-state index contributed by atoms with van der Waals surface area (Å²) in [7, 11) is 1.30. The van der Waals surface area contributed by atoms with E-state index in [1.807, 2.05) is 26.0 Å². The first-order valence-corrected chi connectivity index (χ1v) is 9.46. The number of aryl methyl sites for hydroxylation is 1. The van der Waals surface area contributed by atoms with Gasteiger partial charge in [-0.25, -0.2) is 9.78 Å². The minimum Gasteiger partial charge on any atom is -0.475 e. The molecule has 0 aliphatic carbocycles. The van der Waals surface area contributed by atoms with Gasteiger partial charge in [0.05, 0.1) is 12.3 Å². The number of carbonyl (C=O) groups is 1. The molecule has 30 heavy (non-hydrogen) atoms. The summed E-state index contributed by atoms with van der Waals surface area (Å²) >= 11 is 0. The largest absolute Gasteiger partial charge is 0.492 e. The molecule has 0 radical (unpaired) electrons. The van der Waals surface area contributed by atoms with Gasteiger partial charge < -0.3 is 14.3 Å². The molecule has 0 bridgehead atoms. The van der Waals surface area contributed by atoms with Crippen molar-refractivity contribution in [2.24, 2.45) is 0 Å². The summed E-state index contributed by atoms with van der Waals surface area (Å²) in [4.78, 5) is 19.4. The van der Waals surface area contributed by atoms with Crippen molar-refractivity contribution in [1.29, 1.82) is 0 Å². The lowest BCUT2D eigenvalue weighted by Gasteiger charge is -2.23. The summed E-state index contributed by atoms with van der Waals surface area (Å²) < 4.78 is 48.0. The van der Waals surface area contributed by atoms with E-state index in [-0.39, 0.29) is 12.1 Å². The fraction of sp³-hybridized carbons (Fsp3) is 0.429. The van der Waals surface area contributed by atoms with Crippen molar-refractivity contribution >= 4 is 5.97 Å². The maximum atomic E-state index is 12.3. The van der Waals surface area contributed by atoms with Gasteiger partial charge in [-0.1, -0.05) is 12.1 Å². The molecule has 0 fully saturated rings. The number of hydroxylamine groups is 2. The van der Waals surface area contributed by atoms with E-state index in [1.54, 1.807) is 37.4 Å². The molecule has 0 saturated heterocycles. The number of pyridine rings is 1. The van der Waals surface area contributed by atoms with Crippen LogP contribution in [0.2, 0.25) is 0 Å². The Labute approximate surface area is 173 Å². The quantitative estimate of drug-likeness (QED) is 0.530. The zero-order chi connectivity index (χ0) is 22.3. The van der Waals surface area contributed by atoms with Crippen LogP contribution in [0.4, 0.5) is 13.2 Å². The molecular formula is C21H25F3N2O4. The maximum Gasteiger partial charge on any atom is 0.492 e. The van der Waals surface area contributed by atoms with Crippen LogP contribution in [0.3, 0.4) is 0 Å². The number of ether oxygens (including phenoxy) is 2. The van der Waals surface area contributed by atoms with Crippen molar-refractivity contribution in [3.05, 3.63) is 48.2 Å². The smallest absolute Gasteiger partial charge is 0.475 e. The van der Waals surface area contributed by atoms with E-state index in [9.17, 15) is 18.0 Å². The van der Waals surface area contributed by atoms with Crippen molar-refractivity contribution in [2.45, 2.75) is 51.9 Å². The van der Waals surface area contributed by atoms with E-state index in [1.165, 1.54) is 7.05 Å². The third kappa shape index (κ3) is 7.55. The Hall–Kier alpha value is -2.81. The SMILES string of the molecule is CC(C)Oc1ccc(Oc2ccc(CCC(C)N(C)OC(=O)C(F)(F)F)cc2)cn1. The minimum absolute atomic E-state index is 0.0380. The Kier molecular flexibility index (Phi) is 8.05. The molecule has 0 spiro atoms. The first kappa shape index (κ1) is 23.5. The van der Waals surface area contributed by atoms with Gasteiger partial charge >= 0.3 is 12.1 Å². The number of hydrogen-bond donors (Lipinski definition) is 0. The monoisotopic (exact) mass is 426 g/mol. The average Bonchev–Trinajstić information content (AvgIpc) is 2.67. The lowest BCUT2D eigenvalue weighted by molar-refractivity contribution is -0.240. The number of rotatable bonds is 9. The summed E-state index contributed by atoms with van der Waals surface area (Å²) in [6.07, 6.45) is -2.30. The van der Waals surface area contributed by atoms with Crippen LogP contribution in [0, 0.1) is 0 Å². The molecule has 0 amide bonds. The zero-order valence-corrected chi connectivity index (χ0v) is 17.3. The van der Waals surface area contributed by atoms with Crippen LogP contribution in [-0.2, 0) is 16.1 Å². The Morgan fingerprint density at radius 3 is 2.23 bits per heavy atom. The number of hydrogen-bond acceptors (Lipinski definition) is 6. The van der Waals surface area contributed by atoms with Crippen molar-refractivity contribution in [2.75, 3.05) is 7.05 Å². The lowest BCUT2D eigenvalue weighted by Crippen LogP contribution is -2.37. The molecule has 0 N–H and O–H groups in total. The Bertz CT molecular complexity index is 808. The van der Waals surface area contributed by atoms with Crippen molar-refractivity contribution < 1.29 is 32.3 Å². The van der Waals surface area contributed by atoms with Gasteiger partial charge in [0, 0.05) is 19.2 Å². The highest BCUT2D eigenvalue weighted by molar-refractivity contribution is 5.75. The van der Waals surface area contributed by atoms with Crippen molar-refractivity contribution in [3.8, 4) is 17.4 Å². The van der Waals surface area contributed by atoms with Gasteiger partial charge in [-0.05, 0) is 57.4 Å². The number of nitrogens with zero attached hydrogens (tertiary/aromatic N) is 2. The number of halogens is 3. The first-order valence-electron chi connectivity index (χ1n) is 9.46. The van der Waals surface area contributed by atoms with Crippen LogP contribution in [0.1, 0.15) is 32.8 Å². The molecule has 2 rings (SSSR count). The van der Waals surface area contributed by atoms with Crippen molar-refractivity contribution in [3.63, 3.8) is 0 Å². The Balaban J connectivity index is 1.83. The van der Waals surface area contributed by atoms with Gasteiger partial charge in [-0.15, -0.1) is 5.06 Å². The zero-order valence-electron chi connectivity index (χ0n) is 17.3. The standard InChI is InChI=1S/C21H25F3N2O4/c1-14(2)28-19-12-11-18(13-25-19)29-17-9-7-16(8-10-17)6-5-15(3)26(4)30-20(27)21(22,23)24/h7-15H,5-6H2,1-4H3. The number of carbonyl (C=O) groups excluding carboxylic acids is 1. The van der Waals surface area contributed by atoms with Crippen LogP contribution < -0.4 is 9.47 Å². The second kappa shape index (κ2) is 10.3. The number of aromatic nitrogens is 1.